The van der Waals surface area contributed by atoms with Gasteiger partial charge in [-0.15, -0.1) is 0 Å². The van der Waals surface area contributed by atoms with Crippen LogP contribution in [0.15, 0.2) is 60.7 Å². The molecule has 0 heterocycles. The molecule has 0 amide bonds. The van der Waals surface area contributed by atoms with Gasteiger partial charge in [0.1, 0.15) is 0 Å². The number of hydrogen-bond acceptors (Lipinski definition) is 0. The Bertz CT molecular complexity index is 543. The van der Waals surface area contributed by atoms with E-state index in [0.29, 0.717) is 11.3 Å². The highest BCUT2D eigenvalue weighted by Crippen LogP contribution is 2.47. The van der Waals surface area contributed by atoms with Gasteiger partial charge in [-0.05, 0) is 47.6 Å². The molecule has 104 valence electrons. The van der Waals surface area contributed by atoms with E-state index in [0.717, 1.165) is 5.92 Å². The van der Waals surface area contributed by atoms with Crippen molar-refractivity contribution in [2.75, 3.05) is 0 Å². The third-order valence-electron chi connectivity index (χ3n) is 4.92. The van der Waals surface area contributed by atoms with Crippen molar-refractivity contribution >= 4 is 0 Å². The molecule has 3 atom stereocenters. The molecule has 0 radical (unpaired) electrons. The summed E-state index contributed by atoms with van der Waals surface area (Å²) in [5.41, 5.74) is 3.34. The summed E-state index contributed by atoms with van der Waals surface area (Å²) in [6, 6.07) is 22.2. The monoisotopic (exact) mass is 264 g/mol. The maximum absolute atomic E-state index is 2.45. The Labute approximate surface area is 122 Å². The fraction of sp³-hybridized carbons (Fsp3) is 0.400. The van der Waals surface area contributed by atoms with Crippen LogP contribution in [0.25, 0.3) is 0 Å². The van der Waals surface area contributed by atoms with Gasteiger partial charge in [-0.1, -0.05) is 74.5 Å². The summed E-state index contributed by atoms with van der Waals surface area (Å²) in [4.78, 5) is 0. The lowest BCUT2D eigenvalue weighted by atomic mass is 9.62. The van der Waals surface area contributed by atoms with Gasteiger partial charge in [0.15, 0.2) is 0 Å². The van der Waals surface area contributed by atoms with E-state index >= 15 is 0 Å². The molecule has 0 aromatic heterocycles. The Hall–Kier alpha value is -1.56. The van der Waals surface area contributed by atoms with Gasteiger partial charge in [0.05, 0.1) is 0 Å². The molecule has 1 saturated carbocycles. The third kappa shape index (κ3) is 2.65. The summed E-state index contributed by atoms with van der Waals surface area (Å²) in [7, 11) is 0. The maximum atomic E-state index is 2.45. The second kappa shape index (κ2) is 5.44. The Balaban J connectivity index is 1.90. The van der Waals surface area contributed by atoms with E-state index in [-0.39, 0.29) is 0 Å². The highest BCUT2D eigenvalue weighted by Gasteiger charge is 2.37. The minimum absolute atomic E-state index is 0.319. The first kappa shape index (κ1) is 13.4. The lowest BCUT2D eigenvalue weighted by Gasteiger charge is -2.42. The van der Waals surface area contributed by atoms with Crippen LogP contribution in [0.3, 0.4) is 0 Å². The van der Waals surface area contributed by atoms with Crippen molar-refractivity contribution in [1.82, 2.24) is 0 Å². The molecule has 0 saturated heterocycles. The molecule has 0 N–H and O–H groups in total. The molecule has 0 aliphatic heterocycles. The van der Waals surface area contributed by atoms with Crippen LogP contribution in [-0.2, 0) is 5.41 Å². The molecule has 3 rings (SSSR count). The van der Waals surface area contributed by atoms with Crippen molar-refractivity contribution in [3.05, 3.63) is 71.8 Å². The van der Waals surface area contributed by atoms with Crippen molar-refractivity contribution in [3.8, 4) is 0 Å². The topological polar surface area (TPSA) is 0 Å². The summed E-state index contributed by atoms with van der Waals surface area (Å²) < 4.78 is 0. The van der Waals surface area contributed by atoms with Gasteiger partial charge in [-0.25, -0.2) is 0 Å². The first-order chi connectivity index (χ1) is 9.67. The van der Waals surface area contributed by atoms with Crippen LogP contribution >= 0.6 is 0 Å². The van der Waals surface area contributed by atoms with Gasteiger partial charge in [0.25, 0.3) is 0 Å². The maximum Gasteiger partial charge on any atom is -0.00669 e. The van der Waals surface area contributed by atoms with Crippen molar-refractivity contribution in [1.29, 1.82) is 0 Å². The quantitative estimate of drug-likeness (QED) is 0.667. The largest absolute Gasteiger partial charge is 0.0625 e. The van der Waals surface area contributed by atoms with Crippen LogP contribution in [0.1, 0.15) is 50.2 Å². The van der Waals surface area contributed by atoms with Gasteiger partial charge < -0.3 is 0 Å². The summed E-state index contributed by atoms with van der Waals surface area (Å²) in [5.74, 6) is 1.49. The molecule has 0 nitrogen and oxygen atoms in total. The van der Waals surface area contributed by atoms with Crippen LogP contribution < -0.4 is 0 Å². The van der Waals surface area contributed by atoms with Gasteiger partial charge in [-0.2, -0.15) is 0 Å². The van der Waals surface area contributed by atoms with E-state index in [1.54, 1.807) is 0 Å². The molecule has 0 heteroatoms. The van der Waals surface area contributed by atoms with Crippen molar-refractivity contribution in [2.24, 2.45) is 5.92 Å². The average molecular weight is 264 g/mol. The zero-order valence-corrected chi connectivity index (χ0v) is 12.5. The summed E-state index contributed by atoms with van der Waals surface area (Å²) in [5, 5.41) is 0. The average Bonchev–Trinajstić information content (AvgIpc) is 2.48. The normalized spacial score (nSPS) is 30.1. The molecule has 1 fully saturated rings. The first-order valence-corrected chi connectivity index (χ1v) is 7.78. The Morgan fingerprint density at radius 2 is 1.45 bits per heavy atom. The van der Waals surface area contributed by atoms with Crippen LogP contribution in [0.5, 0.6) is 0 Å². The molecular formula is C20H24. The lowest BCUT2D eigenvalue weighted by molar-refractivity contribution is 0.224. The lowest BCUT2D eigenvalue weighted by Crippen LogP contribution is -2.32. The summed E-state index contributed by atoms with van der Waals surface area (Å²) >= 11 is 0. The minimum atomic E-state index is 0.319. The smallest absolute Gasteiger partial charge is 0.00669 e. The van der Waals surface area contributed by atoms with Crippen molar-refractivity contribution < 1.29 is 0 Å². The van der Waals surface area contributed by atoms with E-state index in [1.807, 2.05) is 0 Å². The van der Waals surface area contributed by atoms with Crippen LogP contribution in [0.4, 0.5) is 0 Å². The summed E-state index contributed by atoms with van der Waals surface area (Å²) in [6.45, 7) is 4.87. The molecule has 20 heavy (non-hydrogen) atoms. The first-order valence-electron chi connectivity index (χ1n) is 7.78. The molecule has 0 unspecified atom stereocenters. The third-order valence-corrected chi connectivity index (χ3v) is 4.92. The van der Waals surface area contributed by atoms with Crippen molar-refractivity contribution in [3.63, 3.8) is 0 Å². The zero-order chi connectivity index (χ0) is 14.0. The van der Waals surface area contributed by atoms with E-state index in [2.05, 4.69) is 74.5 Å². The number of hydrogen-bond donors (Lipinski definition) is 0. The van der Waals surface area contributed by atoms with Gasteiger partial charge in [-0.3, -0.25) is 0 Å². The number of rotatable bonds is 2. The van der Waals surface area contributed by atoms with E-state index in [4.69, 9.17) is 0 Å². The van der Waals surface area contributed by atoms with Crippen LogP contribution in [0.2, 0.25) is 0 Å². The Morgan fingerprint density at radius 3 is 2.10 bits per heavy atom. The second-order valence-corrected chi connectivity index (χ2v) is 6.78. The van der Waals surface area contributed by atoms with E-state index in [9.17, 15) is 0 Å². The summed E-state index contributed by atoms with van der Waals surface area (Å²) in [6.07, 6.45) is 3.90. The molecule has 0 spiro atoms. The molecule has 1 aliphatic rings. The van der Waals surface area contributed by atoms with E-state index < -0.39 is 0 Å². The second-order valence-electron chi connectivity index (χ2n) is 6.78. The fourth-order valence-electron chi connectivity index (χ4n) is 4.10. The Morgan fingerprint density at radius 1 is 0.850 bits per heavy atom. The number of benzene rings is 2. The predicted molar refractivity (Wildman–Crippen MR) is 86.0 cm³/mol. The molecule has 0 bridgehead atoms. The highest BCUT2D eigenvalue weighted by atomic mass is 14.4. The fourth-order valence-corrected chi connectivity index (χ4v) is 4.10. The molecule has 1 aliphatic carbocycles. The standard InChI is InChI=1S/C20H24/c1-16-13-18(17-9-5-3-6-10-17)15-20(2,14-16)19-11-7-4-8-12-19/h3-12,16,18H,13-15H2,1-2H3/t16-,18+,20+/m1/s1. The van der Waals surface area contributed by atoms with Crippen LogP contribution in [-0.4, -0.2) is 0 Å². The molecular weight excluding hydrogens is 240 g/mol. The van der Waals surface area contributed by atoms with Gasteiger partial charge in [0.2, 0.25) is 0 Å². The molecule has 2 aromatic carbocycles. The minimum Gasteiger partial charge on any atom is -0.0625 e. The molecule has 2 aromatic rings. The predicted octanol–water partition coefficient (Wildman–Crippen LogP) is 5.55. The van der Waals surface area contributed by atoms with E-state index in [1.165, 1.54) is 30.4 Å². The van der Waals surface area contributed by atoms with Crippen LogP contribution in [0, 0.1) is 5.92 Å². The van der Waals surface area contributed by atoms with Gasteiger partial charge >= 0.3 is 0 Å². The van der Waals surface area contributed by atoms with Gasteiger partial charge in [0, 0.05) is 0 Å². The SMILES string of the molecule is C[C@@H]1C[C@H](c2ccccc2)C[C@@](C)(c2ccccc2)C1. The Kier molecular flexibility index (Phi) is 3.65. The zero-order valence-electron chi connectivity index (χ0n) is 12.5. The highest BCUT2D eigenvalue weighted by molar-refractivity contribution is 5.29. The van der Waals surface area contributed by atoms with Crippen molar-refractivity contribution in [2.45, 2.75) is 44.4 Å².